The van der Waals surface area contributed by atoms with Gasteiger partial charge in [0, 0.05) is 13.1 Å². The van der Waals surface area contributed by atoms with Gasteiger partial charge in [0.05, 0.1) is 5.67 Å². The van der Waals surface area contributed by atoms with Crippen molar-refractivity contribution < 1.29 is 49.4 Å². The molecule has 0 radical (unpaired) electrons. The summed E-state index contributed by atoms with van der Waals surface area (Å²) in [4.78, 5) is 0. The molecule has 0 heterocycles. The van der Waals surface area contributed by atoms with Gasteiger partial charge in [-0.2, -0.15) is 0 Å². The van der Waals surface area contributed by atoms with E-state index in [0.717, 1.165) is 0 Å². The molecule has 26 heteroatoms. The smallest absolute Gasteiger partial charge is 0.437 e. The van der Waals surface area contributed by atoms with E-state index in [1.54, 1.807) is 0 Å². The van der Waals surface area contributed by atoms with Crippen LogP contribution in [0.15, 0.2) is 0 Å². The minimum Gasteiger partial charge on any atom is -0.437 e. The summed E-state index contributed by atoms with van der Waals surface area (Å²) in [5.41, 5.74) is 0.165. The lowest BCUT2D eigenvalue weighted by Gasteiger charge is -2.51. The van der Waals surface area contributed by atoms with Crippen molar-refractivity contribution in [1.82, 2.24) is 0 Å². The molecule has 0 saturated heterocycles. The largest absolute Gasteiger partial charge is 0.477 e. The van der Waals surface area contributed by atoms with Gasteiger partial charge in [-0.25, -0.2) is 0 Å². The van der Waals surface area contributed by atoms with Crippen molar-refractivity contribution in [3.63, 3.8) is 0 Å². The molecule has 2 atom stereocenters. The van der Waals surface area contributed by atoms with E-state index < -0.39 is 119 Å². The van der Waals surface area contributed by atoms with Gasteiger partial charge >= 0.3 is 52.3 Å². The zero-order valence-corrected chi connectivity index (χ0v) is 56.6. The molecule has 0 aliphatic carbocycles. The van der Waals surface area contributed by atoms with Gasteiger partial charge in [0.25, 0.3) is 0 Å². The van der Waals surface area contributed by atoms with Crippen LogP contribution in [0.5, 0.6) is 0 Å². The van der Waals surface area contributed by atoms with E-state index >= 15 is 0 Å². The highest BCUT2D eigenvalue weighted by Crippen LogP contribution is 2.41. The maximum absolute atomic E-state index is 7.69. The Morgan fingerprint density at radius 2 is 0.319 bits per heavy atom. The Hall–Kier alpha value is 2.56. The summed E-state index contributed by atoms with van der Waals surface area (Å²) in [6.07, 6.45) is 0. The zero-order chi connectivity index (χ0) is 46.2. The highest BCUT2D eigenvalue weighted by atomic mass is 28.6. The van der Waals surface area contributed by atoms with Crippen LogP contribution in [0, 0.1) is 0 Å². The van der Waals surface area contributed by atoms with Gasteiger partial charge in [0.15, 0.2) is 66.5 Å². The van der Waals surface area contributed by atoms with E-state index in [2.05, 4.69) is 183 Å². The van der Waals surface area contributed by atoms with Gasteiger partial charge in [-0.3, -0.25) is 0 Å². The van der Waals surface area contributed by atoms with E-state index in [-0.39, 0.29) is 94.8 Å². The predicted octanol–water partition coefficient (Wildman–Crippen LogP) is 19.5. The highest BCUT2D eigenvalue weighted by Gasteiger charge is 2.67. The molecule has 440 valence electrons. The van der Waals surface area contributed by atoms with E-state index in [1.165, 1.54) is 0 Å². The maximum Gasteiger partial charge on any atom is 0.477 e. The van der Waals surface area contributed by atoms with Crippen LogP contribution in [0.25, 0.3) is 0 Å². The molecule has 0 amide bonds. The fourth-order valence-corrected chi connectivity index (χ4v) is 69.3. The Morgan fingerprint density at radius 3 is 0.449 bits per heavy atom. The molecule has 12 nitrogen and oxygen atoms in total. The fraction of sp³-hybridized carbons (Fsp3) is 1.00. The lowest BCUT2D eigenvalue weighted by atomic mass is 11.8. The van der Waals surface area contributed by atoms with Crippen LogP contribution in [0.2, 0.25) is 202 Å². The molecule has 2 unspecified atom stereocenters. The average Bonchev–Trinajstić information content (AvgIpc) is 2.63. The van der Waals surface area contributed by atoms with Crippen molar-refractivity contribution in [3.8, 4) is 0 Å². The molecule has 0 aliphatic rings. The molecular formula is C43H140O12Si14. The van der Waals surface area contributed by atoms with Crippen molar-refractivity contribution in [3.05, 3.63) is 0 Å². The first-order valence-corrected chi connectivity index (χ1v) is 61.8. The van der Waals surface area contributed by atoms with Gasteiger partial charge < -0.3 is 49.4 Å². The summed E-state index contributed by atoms with van der Waals surface area (Å²) in [6, 6.07) is 0. The first-order valence-electron chi connectivity index (χ1n) is 20.6. The summed E-state index contributed by atoms with van der Waals surface area (Å²) >= 11 is 0. The van der Waals surface area contributed by atoms with Crippen LogP contribution in [-0.4, -0.2) is 119 Å². The predicted molar refractivity (Wildman–Crippen MR) is 355 cm³/mol. The third kappa shape index (κ3) is 51.1. The van der Waals surface area contributed by atoms with Crippen LogP contribution in [0.1, 0.15) is 89.1 Å². The summed E-state index contributed by atoms with van der Waals surface area (Å²) in [5, 5.41) is 0. The fourth-order valence-electron chi connectivity index (χ4n) is 6.68. The third-order valence-corrected chi connectivity index (χ3v) is 53.2. The lowest BCUT2D eigenvalue weighted by Crippen LogP contribution is -2.73. The first-order chi connectivity index (χ1) is 24.2. The molecule has 0 rings (SSSR count). The third-order valence-electron chi connectivity index (χ3n) is 5.91. The quantitative estimate of drug-likeness (QED) is 0.0769. The van der Waals surface area contributed by atoms with E-state index in [9.17, 15) is 0 Å². The second kappa shape index (κ2) is 34.4. The SMILES string of the molecule is C.C.C.C.C.C.C.C.C.C.C.C.C[Si](C)(C)O[Si](C)(C)O[Si](C)(O[Si](C)(C)C)O[Si](C[Si](O[Si](C)(C)C)(O[Si](C)(C)C)O[Si](C)(O[Si](C)(C)C)O[Si](C)(C)O[Si](C)(C)C)(O[Si](C)(C)C)O[Si](C)(C)C. The normalized spacial score (nSPS) is 14.7. The van der Waals surface area contributed by atoms with Gasteiger partial charge in [-0.1, -0.05) is 89.1 Å². The first kappa shape index (κ1) is 104. The van der Waals surface area contributed by atoms with E-state index in [0.29, 0.717) is 0 Å². The van der Waals surface area contributed by atoms with Crippen molar-refractivity contribution >= 4 is 119 Å². The Kier molecular flexibility index (Phi) is 51.9. The summed E-state index contributed by atoms with van der Waals surface area (Å²) < 4.78 is 87.6. The van der Waals surface area contributed by atoms with Gasteiger partial charge in [0.1, 0.15) is 0 Å². The Morgan fingerprint density at radius 1 is 0.174 bits per heavy atom. The second-order valence-corrected chi connectivity index (χ2v) is 81.0. The van der Waals surface area contributed by atoms with Crippen LogP contribution >= 0.6 is 0 Å². The van der Waals surface area contributed by atoms with E-state index in [1.807, 2.05) is 13.1 Å². The maximum atomic E-state index is 7.69. The van der Waals surface area contributed by atoms with Crippen LogP contribution in [0.4, 0.5) is 0 Å². The minimum atomic E-state index is -3.97. The van der Waals surface area contributed by atoms with Crippen molar-refractivity contribution in [2.45, 2.75) is 291 Å². The molecule has 0 N–H and O–H groups in total. The van der Waals surface area contributed by atoms with Crippen LogP contribution < -0.4 is 0 Å². The van der Waals surface area contributed by atoms with Crippen molar-refractivity contribution in [1.29, 1.82) is 0 Å². The molecule has 69 heavy (non-hydrogen) atoms. The molecule has 0 aromatic carbocycles. The van der Waals surface area contributed by atoms with Crippen LogP contribution in [-0.2, 0) is 49.4 Å². The molecule has 0 saturated carbocycles. The standard InChI is InChI=1S/C31H92O12Si14.12CH4/c1-44(2,3)32-52(25,26)40-54(29,34-46(7,8)9)42-56(36-48(13,14)15,37-49(16,17)18)31-57(38-50(19,20)21,39-51(22,23)24)43-55(30,35-47(10,11)12)41-53(27,28)33-45(4,5)6;;;;;;;;;;;;/h31H2,1-30H3;12*1H4. The summed E-state index contributed by atoms with van der Waals surface area (Å²) in [6.45, 7) is 64.7. The average molecular weight is 1240 g/mol. The Balaban J connectivity index is -0.000000238. The second-order valence-electron chi connectivity index (χ2n) is 24.2. The van der Waals surface area contributed by atoms with Gasteiger partial charge in [0.2, 0.25) is 0 Å². The summed E-state index contributed by atoms with van der Waals surface area (Å²) in [5.74, 6) is 0. The number of rotatable bonds is 26. The molecule has 0 spiro atoms. The molecular weight excluding hydrogens is 1100 g/mol. The van der Waals surface area contributed by atoms with Gasteiger partial charge in [-0.15, -0.1) is 0 Å². The topological polar surface area (TPSA) is 111 Å². The number of hydrogen-bond acceptors (Lipinski definition) is 12. The highest BCUT2D eigenvalue weighted by molar-refractivity contribution is 7.01. The van der Waals surface area contributed by atoms with Crippen LogP contribution in [0.3, 0.4) is 0 Å². The minimum absolute atomic E-state index is 0. The Labute approximate surface area is 456 Å². The lowest BCUT2D eigenvalue weighted by molar-refractivity contribution is 0.154. The van der Waals surface area contributed by atoms with Gasteiger partial charge in [-0.05, 0) is 183 Å². The molecule has 0 aliphatic heterocycles. The van der Waals surface area contributed by atoms with Crippen molar-refractivity contribution in [2.24, 2.45) is 0 Å². The molecule has 0 aromatic heterocycles. The van der Waals surface area contributed by atoms with Crippen molar-refractivity contribution in [2.75, 3.05) is 0 Å². The molecule has 0 bridgehead atoms. The zero-order valence-electron chi connectivity index (χ0n) is 42.6. The molecule has 0 aromatic rings. The Bertz CT molecular complexity index is 1160. The molecule has 0 fully saturated rings. The van der Waals surface area contributed by atoms with E-state index in [4.69, 9.17) is 49.4 Å². The summed E-state index contributed by atoms with van der Waals surface area (Å²) in [7, 11) is -39.3. The monoisotopic (exact) mass is 1240 g/mol. The number of hydrogen-bond donors (Lipinski definition) is 0.